The molecule has 0 saturated carbocycles. The van der Waals surface area contributed by atoms with Crippen molar-refractivity contribution in [1.29, 1.82) is 0 Å². The van der Waals surface area contributed by atoms with E-state index in [1.807, 2.05) is 35.3 Å². The van der Waals surface area contributed by atoms with Gasteiger partial charge in [-0.1, -0.05) is 11.8 Å². The standard InChI is InChI=1S/C12H17N3S2/c1-10-3-7-16-11(10)9-13-5-8-17-12-14-4-6-15(12)2/h3-4,6-7,13H,5,8-9H2,1-2H3. The molecule has 0 aromatic carbocycles. The van der Waals surface area contributed by atoms with Crippen molar-refractivity contribution in [3.8, 4) is 0 Å². The van der Waals surface area contributed by atoms with E-state index in [-0.39, 0.29) is 0 Å². The van der Waals surface area contributed by atoms with Crippen LogP contribution in [0, 0.1) is 6.92 Å². The summed E-state index contributed by atoms with van der Waals surface area (Å²) in [6.45, 7) is 4.15. The summed E-state index contributed by atoms with van der Waals surface area (Å²) in [6.07, 6.45) is 3.82. The molecule has 5 heteroatoms. The van der Waals surface area contributed by atoms with E-state index in [0.29, 0.717) is 0 Å². The molecule has 2 rings (SSSR count). The third-order valence-corrected chi connectivity index (χ3v) is 4.62. The third-order valence-electron chi connectivity index (χ3n) is 2.54. The second-order valence-corrected chi connectivity index (χ2v) is 5.94. The number of thioether (sulfide) groups is 1. The molecule has 0 saturated heterocycles. The van der Waals surface area contributed by atoms with Crippen LogP contribution in [0.2, 0.25) is 0 Å². The van der Waals surface area contributed by atoms with Gasteiger partial charge in [0.05, 0.1) is 0 Å². The largest absolute Gasteiger partial charge is 0.329 e. The third kappa shape index (κ3) is 3.59. The topological polar surface area (TPSA) is 29.9 Å². The van der Waals surface area contributed by atoms with Crippen LogP contribution < -0.4 is 5.32 Å². The first kappa shape index (κ1) is 12.7. The van der Waals surface area contributed by atoms with E-state index in [1.165, 1.54) is 10.4 Å². The van der Waals surface area contributed by atoms with Crippen LogP contribution in [0.4, 0.5) is 0 Å². The number of nitrogens with zero attached hydrogens (tertiary/aromatic N) is 2. The Labute approximate surface area is 110 Å². The van der Waals surface area contributed by atoms with E-state index in [9.17, 15) is 0 Å². The molecule has 0 spiro atoms. The van der Waals surface area contributed by atoms with E-state index in [2.05, 4.69) is 28.7 Å². The average molecular weight is 267 g/mol. The van der Waals surface area contributed by atoms with E-state index in [4.69, 9.17) is 0 Å². The fourth-order valence-corrected chi connectivity index (χ4v) is 3.20. The van der Waals surface area contributed by atoms with Gasteiger partial charge in [0.25, 0.3) is 0 Å². The van der Waals surface area contributed by atoms with Crippen molar-refractivity contribution < 1.29 is 0 Å². The van der Waals surface area contributed by atoms with Crippen molar-refractivity contribution in [2.45, 2.75) is 18.6 Å². The highest BCUT2D eigenvalue weighted by Gasteiger charge is 2.00. The quantitative estimate of drug-likeness (QED) is 0.644. The van der Waals surface area contributed by atoms with E-state index < -0.39 is 0 Å². The van der Waals surface area contributed by atoms with Gasteiger partial charge in [0, 0.05) is 43.2 Å². The molecule has 1 N–H and O–H groups in total. The van der Waals surface area contributed by atoms with Crippen LogP contribution in [0.25, 0.3) is 0 Å². The predicted molar refractivity (Wildman–Crippen MR) is 74.7 cm³/mol. The molecule has 0 radical (unpaired) electrons. The molecule has 3 nitrogen and oxygen atoms in total. The lowest BCUT2D eigenvalue weighted by Gasteiger charge is -2.04. The van der Waals surface area contributed by atoms with Gasteiger partial charge in [0.2, 0.25) is 0 Å². The summed E-state index contributed by atoms with van der Waals surface area (Å²) in [7, 11) is 2.03. The Kier molecular flexibility index (Phi) is 4.65. The molecule has 0 amide bonds. The maximum Gasteiger partial charge on any atom is 0.167 e. The lowest BCUT2D eigenvalue weighted by atomic mass is 10.3. The lowest BCUT2D eigenvalue weighted by molar-refractivity contribution is 0.734. The van der Waals surface area contributed by atoms with Gasteiger partial charge in [-0.25, -0.2) is 4.98 Å². The van der Waals surface area contributed by atoms with Gasteiger partial charge < -0.3 is 9.88 Å². The zero-order chi connectivity index (χ0) is 12.1. The fourth-order valence-electron chi connectivity index (χ4n) is 1.49. The average Bonchev–Trinajstić information content (AvgIpc) is 2.89. The number of thiophene rings is 1. The highest BCUT2D eigenvalue weighted by atomic mass is 32.2. The number of rotatable bonds is 6. The maximum atomic E-state index is 4.28. The Morgan fingerprint density at radius 1 is 1.53 bits per heavy atom. The van der Waals surface area contributed by atoms with Crippen LogP contribution in [0.5, 0.6) is 0 Å². The Balaban J connectivity index is 1.64. The molecule has 0 aliphatic rings. The molecular formula is C12H17N3S2. The van der Waals surface area contributed by atoms with E-state index in [0.717, 1.165) is 24.0 Å². The molecule has 2 aromatic rings. The van der Waals surface area contributed by atoms with Gasteiger partial charge in [-0.15, -0.1) is 11.3 Å². The van der Waals surface area contributed by atoms with Gasteiger partial charge >= 0.3 is 0 Å². The van der Waals surface area contributed by atoms with Crippen molar-refractivity contribution in [3.63, 3.8) is 0 Å². The summed E-state index contributed by atoms with van der Waals surface area (Å²) in [5, 5.41) is 6.69. The zero-order valence-electron chi connectivity index (χ0n) is 10.1. The second kappa shape index (κ2) is 6.23. The van der Waals surface area contributed by atoms with Crippen LogP contribution in [-0.4, -0.2) is 21.8 Å². The molecule has 0 aliphatic carbocycles. The number of aryl methyl sites for hydroxylation is 2. The monoisotopic (exact) mass is 267 g/mol. The molecule has 0 fully saturated rings. The summed E-state index contributed by atoms with van der Waals surface area (Å²) in [5.41, 5.74) is 1.39. The second-order valence-electron chi connectivity index (χ2n) is 3.87. The van der Waals surface area contributed by atoms with Gasteiger partial charge in [-0.2, -0.15) is 0 Å². The minimum atomic E-state index is 0.977. The Morgan fingerprint density at radius 2 is 2.41 bits per heavy atom. The molecule has 92 valence electrons. The summed E-state index contributed by atoms with van der Waals surface area (Å²) in [4.78, 5) is 5.71. The predicted octanol–water partition coefficient (Wildman–Crippen LogP) is 2.67. The first-order valence-corrected chi connectivity index (χ1v) is 7.47. The van der Waals surface area contributed by atoms with Crippen LogP contribution in [0.3, 0.4) is 0 Å². The highest BCUT2D eigenvalue weighted by Crippen LogP contribution is 2.15. The van der Waals surface area contributed by atoms with E-state index >= 15 is 0 Å². The molecule has 0 atom stereocenters. The molecule has 2 heterocycles. The van der Waals surface area contributed by atoms with Crippen LogP contribution >= 0.6 is 23.1 Å². The van der Waals surface area contributed by atoms with Gasteiger partial charge in [0.1, 0.15) is 0 Å². The summed E-state index contributed by atoms with van der Waals surface area (Å²) < 4.78 is 2.05. The lowest BCUT2D eigenvalue weighted by Crippen LogP contribution is -2.16. The Morgan fingerprint density at radius 3 is 3.06 bits per heavy atom. The highest BCUT2D eigenvalue weighted by molar-refractivity contribution is 7.99. The van der Waals surface area contributed by atoms with Crippen molar-refractivity contribution in [1.82, 2.24) is 14.9 Å². The molecular weight excluding hydrogens is 250 g/mol. The van der Waals surface area contributed by atoms with Crippen LogP contribution in [0.1, 0.15) is 10.4 Å². The first-order valence-electron chi connectivity index (χ1n) is 5.61. The van der Waals surface area contributed by atoms with Gasteiger partial charge in [0.15, 0.2) is 5.16 Å². The Hall–Kier alpha value is -0.780. The molecule has 0 bridgehead atoms. The summed E-state index contributed by atoms with van der Waals surface area (Å²) in [6, 6.07) is 2.17. The minimum Gasteiger partial charge on any atom is -0.329 e. The van der Waals surface area contributed by atoms with Crippen molar-refractivity contribution in [2.75, 3.05) is 12.3 Å². The van der Waals surface area contributed by atoms with E-state index in [1.54, 1.807) is 11.8 Å². The van der Waals surface area contributed by atoms with Crippen molar-refractivity contribution in [2.24, 2.45) is 7.05 Å². The number of hydrogen-bond donors (Lipinski definition) is 1. The SMILES string of the molecule is Cc1ccsc1CNCCSc1nccn1C. The fraction of sp³-hybridized carbons (Fsp3) is 0.417. The van der Waals surface area contributed by atoms with Crippen LogP contribution in [0.15, 0.2) is 29.0 Å². The van der Waals surface area contributed by atoms with Gasteiger partial charge in [-0.3, -0.25) is 0 Å². The zero-order valence-corrected chi connectivity index (χ0v) is 11.8. The minimum absolute atomic E-state index is 0.977. The van der Waals surface area contributed by atoms with Crippen molar-refractivity contribution >= 4 is 23.1 Å². The molecule has 2 aromatic heterocycles. The first-order chi connectivity index (χ1) is 8.27. The number of hydrogen-bond acceptors (Lipinski definition) is 4. The number of imidazole rings is 1. The number of aromatic nitrogens is 2. The van der Waals surface area contributed by atoms with Gasteiger partial charge in [-0.05, 0) is 23.9 Å². The van der Waals surface area contributed by atoms with Crippen molar-refractivity contribution in [3.05, 3.63) is 34.3 Å². The molecule has 0 unspecified atom stereocenters. The Bertz CT molecular complexity index is 420. The summed E-state index contributed by atoms with van der Waals surface area (Å²) in [5.74, 6) is 1.05. The molecule has 17 heavy (non-hydrogen) atoms. The normalized spacial score (nSPS) is 10.9. The summed E-state index contributed by atoms with van der Waals surface area (Å²) >= 11 is 3.61. The smallest absolute Gasteiger partial charge is 0.167 e. The number of nitrogens with one attached hydrogen (secondary N) is 1. The molecule has 0 aliphatic heterocycles. The maximum absolute atomic E-state index is 4.28. The van der Waals surface area contributed by atoms with Crippen LogP contribution in [-0.2, 0) is 13.6 Å².